The summed E-state index contributed by atoms with van der Waals surface area (Å²) in [6.45, 7) is 12.3. The average Bonchev–Trinajstić information content (AvgIpc) is 2.48. The van der Waals surface area contributed by atoms with E-state index in [2.05, 4.69) is 24.2 Å². The first-order chi connectivity index (χ1) is 10.1. The molecule has 2 unspecified atom stereocenters. The van der Waals surface area contributed by atoms with Crippen LogP contribution in [-0.2, 0) is 0 Å². The first-order valence-electron chi connectivity index (χ1n) is 8.00. The van der Waals surface area contributed by atoms with E-state index in [1.54, 1.807) is 6.07 Å². The zero-order chi connectivity index (χ0) is 16.4. The van der Waals surface area contributed by atoms with Crippen molar-refractivity contribution in [3.63, 3.8) is 0 Å². The number of benzene rings is 1. The van der Waals surface area contributed by atoms with Gasteiger partial charge in [0.05, 0.1) is 5.69 Å². The fourth-order valence-electron chi connectivity index (χ4n) is 2.40. The highest BCUT2D eigenvalue weighted by Crippen LogP contribution is 2.27. The molecule has 21 heavy (non-hydrogen) atoms. The monoisotopic (exact) mass is 298 g/mol. The van der Waals surface area contributed by atoms with E-state index in [-0.39, 0.29) is 5.75 Å². The van der Waals surface area contributed by atoms with E-state index in [9.17, 15) is 9.50 Å². The van der Waals surface area contributed by atoms with E-state index in [1.807, 2.05) is 27.7 Å². The van der Waals surface area contributed by atoms with Gasteiger partial charge >= 0.3 is 0 Å². The van der Waals surface area contributed by atoms with Crippen molar-refractivity contribution in [2.24, 2.45) is 5.92 Å². The number of aromatic hydroxyl groups is 1. The molecule has 1 aromatic rings. The molecule has 1 saturated heterocycles. The topological polar surface area (TPSA) is 35.5 Å². The van der Waals surface area contributed by atoms with E-state index in [4.69, 9.17) is 0 Å². The molecule has 1 heterocycles. The van der Waals surface area contributed by atoms with Crippen LogP contribution in [0.3, 0.4) is 0 Å². The van der Waals surface area contributed by atoms with Crippen molar-refractivity contribution in [3.8, 4) is 5.75 Å². The average molecular weight is 298 g/mol. The molecule has 2 N–H and O–H groups in total. The summed E-state index contributed by atoms with van der Waals surface area (Å²) in [4.78, 5) is 2.30. The van der Waals surface area contributed by atoms with Gasteiger partial charge in [-0.1, -0.05) is 34.6 Å². The summed E-state index contributed by atoms with van der Waals surface area (Å²) in [6.07, 6.45) is 1.04. The van der Waals surface area contributed by atoms with Crippen LogP contribution in [0.5, 0.6) is 5.75 Å². The molecule has 1 aliphatic heterocycles. The van der Waals surface area contributed by atoms with Crippen molar-refractivity contribution in [2.75, 3.05) is 25.5 Å². The van der Waals surface area contributed by atoms with Crippen LogP contribution in [0.2, 0.25) is 0 Å². The second-order valence-corrected chi connectivity index (χ2v) is 4.94. The Bertz CT molecular complexity index is 398. The minimum atomic E-state index is -0.413. The van der Waals surface area contributed by atoms with Crippen LogP contribution in [-0.4, -0.2) is 36.2 Å². The smallest absolute Gasteiger partial charge is 0.141 e. The second kappa shape index (κ2) is 10.4. The predicted molar refractivity (Wildman–Crippen MR) is 89.4 cm³/mol. The second-order valence-electron chi connectivity index (χ2n) is 4.94. The maximum atomic E-state index is 12.9. The SMILES string of the molecule is CC.CC.CC1CN(C)CCC1Nc1ccc(F)cc1O. The summed E-state index contributed by atoms with van der Waals surface area (Å²) in [6, 6.07) is 4.43. The molecule has 0 bridgehead atoms. The van der Waals surface area contributed by atoms with E-state index in [0.29, 0.717) is 17.6 Å². The minimum Gasteiger partial charge on any atom is -0.506 e. The summed E-state index contributed by atoms with van der Waals surface area (Å²) < 4.78 is 12.9. The van der Waals surface area contributed by atoms with Gasteiger partial charge in [-0.3, -0.25) is 0 Å². The number of hydrogen-bond acceptors (Lipinski definition) is 3. The van der Waals surface area contributed by atoms with Gasteiger partial charge in [-0.25, -0.2) is 4.39 Å². The molecule has 0 aliphatic carbocycles. The van der Waals surface area contributed by atoms with Gasteiger partial charge in [0.25, 0.3) is 0 Å². The molecule has 2 atom stereocenters. The molecule has 0 saturated carbocycles. The number of piperidine rings is 1. The standard InChI is InChI=1S/C13H19FN2O.2C2H6/c1-9-8-16(2)6-5-11(9)15-12-4-3-10(14)7-13(12)17;2*1-2/h3-4,7,9,11,15,17H,5-6,8H2,1-2H3;2*1-2H3. The number of halogens is 1. The van der Waals surface area contributed by atoms with Crippen LogP contribution in [0.15, 0.2) is 18.2 Å². The maximum Gasteiger partial charge on any atom is 0.141 e. The largest absolute Gasteiger partial charge is 0.506 e. The Labute approximate surface area is 129 Å². The Morgan fingerprint density at radius 3 is 2.38 bits per heavy atom. The van der Waals surface area contributed by atoms with Crippen molar-refractivity contribution < 1.29 is 9.50 Å². The number of nitrogens with zero attached hydrogens (tertiary/aromatic N) is 1. The summed E-state index contributed by atoms with van der Waals surface area (Å²) in [5, 5.41) is 13.0. The highest BCUT2D eigenvalue weighted by atomic mass is 19.1. The van der Waals surface area contributed by atoms with E-state index >= 15 is 0 Å². The van der Waals surface area contributed by atoms with E-state index in [1.165, 1.54) is 6.07 Å². The zero-order valence-electron chi connectivity index (χ0n) is 14.3. The molecule has 1 aromatic carbocycles. The molecule has 1 fully saturated rings. The third-order valence-electron chi connectivity index (χ3n) is 3.41. The maximum absolute atomic E-state index is 12.9. The Hall–Kier alpha value is -1.29. The third kappa shape index (κ3) is 6.34. The molecule has 0 amide bonds. The molecule has 0 radical (unpaired) electrons. The zero-order valence-corrected chi connectivity index (χ0v) is 14.3. The van der Waals surface area contributed by atoms with Crippen LogP contribution in [0, 0.1) is 11.7 Å². The van der Waals surface area contributed by atoms with Gasteiger partial charge in [0.2, 0.25) is 0 Å². The first-order valence-corrected chi connectivity index (χ1v) is 8.00. The Morgan fingerprint density at radius 2 is 1.86 bits per heavy atom. The number of phenolic OH excluding ortho intramolecular Hbond substituents is 1. The Kier molecular flexibility index (Phi) is 9.80. The van der Waals surface area contributed by atoms with Gasteiger partial charge in [-0.15, -0.1) is 0 Å². The van der Waals surface area contributed by atoms with Gasteiger partial charge in [0.1, 0.15) is 11.6 Å². The highest BCUT2D eigenvalue weighted by molar-refractivity contribution is 5.56. The third-order valence-corrected chi connectivity index (χ3v) is 3.41. The fraction of sp³-hybridized carbons (Fsp3) is 0.647. The number of likely N-dealkylation sites (tertiary alicyclic amines) is 1. The highest BCUT2D eigenvalue weighted by Gasteiger charge is 2.24. The molecule has 2 rings (SSSR count). The summed E-state index contributed by atoms with van der Waals surface area (Å²) in [7, 11) is 2.11. The van der Waals surface area contributed by atoms with Crippen molar-refractivity contribution in [3.05, 3.63) is 24.0 Å². The van der Waals surface area contributed by atoms with Crippen LogP contribution < -0.4 is 5.32 Å². The predicted octanol–water partition coefficient (Wildman–Crippen LogP) is 4.34. The fourth-order valence-corrected chi connectivity index (χ4v) is 2.40. The van der Waals surface area contributed by atoms with Gasteiger partial charge in [-0.2, -0.15) is 0 Å². The Balaban J connectivity index is 0.000000921. The van der Waals surface area contributed by atoms with Crippen LogP contribution in [0.1, 0.15) is 41.0 Å². The minimum absolute atomic E-state index is 0.0175. The summed E-state index contributed by atoms with van der Waals surface area (Å²) >= 11 is 0. The number of hydrogen-bond donors (Lipinski definition) is 2. The lowest BCUT2D eigenvalue weighted by molar-refractivity contribution is 0.206. The normalized spacial score (nSPS) is 21.5. The molecular formula is C17H31FN2O. The number of phenols is 1. The van der Waals surface area contributed by atoms with Crippen molar-refractivity contribution in [1.82, 2.24) is 4.90 Å². The van der Waals surface area contributed by atoms with Gasteiger partial charge in [0.15, 0.2) is 0 Å². The molecule has 4 heteroatoms. The Morgan fingerprint density at radius 1 is 1.24 bits per heavy atom. The van der Waals surface area contributed by atoms with Crippen LogP contribution in [0.4, 0.5) is 10.1 Å². The first kappa shape index (κ1) is 19.7. The lowest BCUT2D eigenvalue weighted by Gasteiger charge is -2.35. The van der Waals surface area contributed by atoms with Gasteiger partial charge in [0, 0.05) is 18.7 Å². The lowest BCUT2D eigenvalue weighted by Crippen LogP contribution is -2.43. The van der Waals surface area contributed by atoms with Gasteiger partial charge < -0.3 is 15.3 Å². The van der Waals surface area contributed by atoms with Crippen LogP contribution in [0.25, 0.3) is 0 Å². The molecule has 122 valence electrons. The van der Waals surface area contributed by atoms with Crippen molar-refractivity contribution in [1.29, 1.82) is 0 Å². The van der Waals surface area contributed by atoms with Crippen molar-refractivity contribution >= 4 is 5.69 Å². The number of anilines is 1. The molecular weight excluding hydrogens is 267 g/mol. The molecule has 0 aromatic heterocycles. The van der Waals surface area contributed by atoms with E-state index in [0.717, 1.165) is 25.6 Å². The van der Waals surface area contributed by atoms with E-state index < -0.39 is 5.82 Å². The molecule has 1 aliphatic rings. The molecule has 0 spiro atoms. The number of rotatable bonds is 2. The number of nitrogens with one attached hydrogen (secondary N) is 1. The molecule has 3 nitrogen and oxygen atoms in total. The van der Waals surface area contributed by atoms with Gasteiger partial charge in [-0.05, 0) is 38.1 Å². The lowest BCUT2D eigenvalue weighted by atomic mass is 9.94. The van der Waals surface area contributed by atoms with Crippen LogP contribution >= 0.6 is 0 Å². The summed E-state index contributed by atoms with van der Waals surface area (Å²) in [5.41, 5.74) is 0.618. The summed E-state index contributed by atoms with van der Waals surface area (Å²) in [5.74, 6) is 0.0822. The van der Waals surface area contributed by atoms with Crippen molar-refractivity contribution in [2.45, 2.75) is 47.1 Å². The quantitative estimate of drug-likeness (QED) is 0.797.